The number of nitrogens with one attached hydrogen (secondary N) is 1. The standard InChI is InChI=1S/C11H16N2O2/c1-11(2,8-14)7-13-10(15)9-5-3-4-6-12-9/h3-6,14H,7-8H2,1-2H3,(H,13,15). The molecule has 0 unspecified atom stereocenters. The molecule has 1 heterocycles. The van der Waals surface area contributed by atoms with Crippen LogP contribution in [-0.4, -0.2) is 29.1 Å². The summed E-state index contributed by atoms with van der Waals surface area (Å²) in [5.74, 6) is -0.211. The number of hydrogen-bond acceptors (Lipinski definition) is 3. The van der Waals surface area contributed by atoms with Gasteiger partial charge in [-0.2, -0.15) is 0 Å². The second-order valence-corrected chi connectivity index (χ2v) is 4.22. The fourth-order valence-electron chi connectivity index (χ4n) is 0.963. The number of aromatic nitrogens is 1. The van der Waals surface area contributed by atoms with Crippen LogP contribution in [0.15, 0.2) is 24.4 Å². The van der Waals surface area contributed by atoms with Crippen molar-refractivity contribution in [1.82, 2.24) is 10.3 Å². The van der Waals surface area contributed by atoms with Crippen LogP contribution in [0.3, 0.4) is 0 Å². The molecule has 1 amide bonds. The predicted octanol–water partition coefficient (Wildman–Crippen LogP) is 0.830. The molecular formula is C11H16N2O2. The molecule has 0 spiro atoms. The van der Waals surface area contributed by atoms with Gasteiger partial charge >= 0.3 is 0 Å². The Morgan fingerprint density at radius 2 is 2.27 bits per heavy atom. The van der Waals surface area contributed by atoms with Crippen LogP contribution in [0.2, 0.25) is 0 Å². The fraction of sp³-hybridized carbons (Fsp3) is 0.455. The van der Waals surface area contributed by atoms with Gasteiger partial charge in [-0.3, -0.25) is 9.78 Å². The van der Waals surface area contributed by atoms with Gasteiger partial charge in [-0.05, 0) is 12.1 Å². The molecule has 0 bridgehead atoms. The molecule has 0 atom stereocenters. The van der Waals surface area contributed by atoms with E-state index in [4.69, 9.17) is 5.11 Å². The van der Waals surface area contributed by atoms with Crippen LogP contribution >= 0.6 is 0 Å². The number of aliphatic hydroxyl groups excluding tert-OH is 1. The van der Waals surface area contributed by atoms with Crippen molar-refractivity contribution in [3.8, 4) is 0 Å². The van der Waals surface area contributed by atoms with E-state index in [1.165, 1.54) is 0 Å². The Morgan fingerprint density at radius 1 is 1.53 bits per heavy atom. The average Bonchev–Trinajstić information content (AvgIpc) is 2.27. The quantitative estimate of drug-likeness (QED) is 0.770. The minimum absolute atomic E-state index is 0.0372. The van der Waals surface area contributed by atoms with Gasteiger partial charge in [-0.1, -0.05) is 19.9 Å². The summed E-state index contributed by atoms with van der Waals surface area (Å²) >= 11 is 0. The number of nitrogens with zero attached hydrogens (tertiary/aromatic N) is 1. The summed E-state index contributed by atoms with van der Waals surface area (Å²) < 4.78 is 0. The lowest BCUT2D eigenvalue weighted by Crippen LogP contribution is -2.36. The number of amides is 1. The Bertz CT molecular complexity index is 323. The second-order valence-electron chi connectivity index (χ2n) is 4.22. The van der Waals surface area contributed by atoms with Crippen molar-refractivity contribution in [3.05, 3.63) is 30.1 Å². The molecule has 4 heteroatoms. The number of carbonyl (C=O) groups excluding carboxylic acids is 1. The van der Waals surface area contributed by atoms with Crippen LogP contribution in [-0.2, 0) is 0 Å². The summed E-state index contributed by atoms with van der Waals surface area (Å²) in [6.07, 6.45) is 1.58. The van der Waals surface area contributed by atoms with E-state index in [1.54, 1.807) is 24.4 Å². The summed E-state index contributed by atoms with van der Waals surface area (Å²) in [7, 11) is 0. The molecule has 0 aliphatic heterocycles. The third kappa shape index (κ3) is 3.67. The van der Waals surface area contributed by atoms with Gasteiger partial charge in [0.05, 0.1) is 0 Å². The second kappa shape index (κ2) is 4.89. The third-order valence-corrected chi connectivity index (χ3v) is 2.05. The molecule has 0 fully saturated rings. The maximum atomic E-state index is 11.6. The maximum Gasteiger partial charge on any atom is 0.269 e. The van der Waals surface area contributed by atoms with E-state index < -0.39 is 0 Å². The normalized spacial score (nSPS) is 11.1. The van der Waals surface area contributed by atoms with Gasteiger partial charge in [0.25, 0.3) is 5.91 Å². The highest BCUT2D eigenvalue weighted by Crippen LogP contribution is 2.11. The molecule has 0 aliphatic carbocycles. The van der Waals surface area contributed by atoms with Gasteiger partial charge in [-0.15, -0.1) is 0 Å². The molecule has 0 aliphatic rings. The van der Waals surface area contributed by atoms with E-state index in [-0.39, 0.29) is 17.9 Å². The summed E-state index contributed by atoms with van der Waals surface area (Å²) in [5.41, 5.74) is 0.0935. The summed E-state index contributed by atoms with van der Waals surface area (Å²) in [6, 6.07) is 5.18. The maximum absolute atomic E-state index is 11.6. The summed E-state index contributed by atoms with van der Waals surface area (Å²) in [6.45, 7) is 4.23. The molecule has 0 saturated carbocycles. The molecule has 2 N–H and O–H groups in total. The van der Waals surface area contributed by atoms with E-state index in [0.29, 0.717) is 12.2 Å². The number of carbonyl (C=O) groups is 1. The molecule has 0 radical (unpaired) electrons. The first kappa shape index (κ1) is 11.7. The van der Waals surface area contributed by atoms with Gasteiger partial charge in [0.15, 0.2) is 0 Å². The van der Waals surface area contributed by atoms with Crippen molar-refractivity contribution in [3.63, 3.8) is 0 Å². The molecule has 4 nitrogen and oxygen atoms in total. The largest absolute Gasteiger partial charge is 0.396 e. The molecule has 0 saturated heterocycles. The van der Waals surface area contributed by atoms with E-state index >= 15 is 0 Å². The molecule has 1 aromatic heterocycles. The minimum atomic E-state index is -0.301. The number of pyridine rings is 1. The zero-order chi connectivity index (χ0) is 11.3. The van der Waals surface area contributed by atoms with Gasteiger partial charge in [-0.25, -0.2) is 0 Å². The Kier molecular flexibility index (Phi) is 3.80. The fourth-order valence-corrected chi connectivity index (χ4v) is 0.963. The topological polar surface area (TPSA) is 62.2 Å². The molecular weight excluding hydrogens is 192 g/mol. The van der Waals surface area contributed by atoms with E-state index in [1.807, 2.05) is 13.8 Å². The van der Waals surface area contributed by atoms with E-state index in [2.05, 4.69) is 10.3 Å². The van der Waals surface area contributed by atoms with Gasteiger partial charge < -0.3 is 10.4 Å². The summed E-state index contributed by atoms with van der Waals surface area (Å²) in [5, 5.41) is 11.7. The van der Waals surface area contributed by atoms with Gasteiger partial charge in [0.1, 0.15) is 5.69 Å². The monoisotopic (exact) mass is 208 g/mol. The lowest BCUT2D eigenvalue weighted by atomic mass is 9.95. The van der Waals surface area contributed by atoms with Crippen LogP contribution in [0.1, 0.15) is 24.3 Å². The van der Waals surface area contributed by atoms with Crippen molar-refractivity contribution in [2.75, 3.05) is 13.2 Å². The lowest BCUT2D eigenvalue weighted by molar-refractivity contribution is 0.0906. The van der Waals surface area contributed by atoms with Gasteiger partial charge in [0.2, 0.25) is 0 Å². The van der Waals surface area contributed by atoms with Crippen LogP contribution in [0, 0.1) is 5.41 Å². The number of hydrogen-bond donors (Lipinski definition) is 2. The molecule has 1 rings (SSSR count). The van der Waals surface area contributed by atoms with Crippen LogP contribution < -0.4 is 5.32 Å². The smallest absolute Gasteiger partial charge is 0.269 e. The van der Waals surface area contributed by atoms with Crippen LogP contribution in [0.5, 0.6) is 0 Å². The third-order valence-electron chi connectivity index (χ3n) is 2.05. The van der Waals surface area contributed by atoms with Crippen LogP contribution in [0.4, 0.5) is 0 Å². The van der Waals surface area contributed by atoms with E-state index in [0.717, 1.165) is 0 Å². The minimum Gasteiger partial charge on any atom is -0.396 e. The molecule has 0 aromatic carbocycles. The first-order chi connectivity index (χ1) is 7.05. The zero-order valence-electron chi connectivity index (χ0n) is 9.03. The highest BCUT2D eigenvalue weighted by atomic mass is 16.3. The van der Waals surface area contributed by atoms with Crippen molar-refractivity contribution < 1.29 is 9.90 Å². The Hall–Kier alpha value is -1.42. The zero-order valence-corrected chi connectivity index (χ0v) is 9.03. The predicted molar refractivity (Wildman–Crippen MR) is 57.4 cm³/mol. The van der Waals surface area contributed by atoms with Crippen LogP contribution in [0.25, 0.3) is 0 Å². The van der Waals surface area contributed by atoms with Crippen molar-refractivity contribution in [2.24, 2.45) is 5.41 Å². The number of aliphatic hydroxyl groups is 1. The van der Waals surface area contributed by atoms with Crippen molar-refractivity contribution >= 4 is 5.91 Å². The van der Waals surface area contributed by atoms with E-state index in [9.17, 15) is 4.79 Å². The first-order valence-electron chi connectivity index (χ1n) is 4.85. The SMILES string of the molecule is CC(C)(CO)CNC(=O)c1ccccn1. The summed E-state index contributed by atoms with van der Waals surface area (Å²) in [4.78, 5) is 15.5. The molecule has 82 valence electrons. The Labute approximate surface area is 89.3 Å². The lowest BCUT2D eigenvalue weighted by Gasteiger charge is -2.21. The molecule has 1 aromatic rings. The average molecular weight is 208 g/mol. The van der Waals surface area contributed by atoms with Gasteiger partial charge in [0, 0.05) is 24.8 Å². The Balaban J connectivity index is 2.51. The first-order valence-corrected chi connectivity index (χ1v) is 4.85. The number of rotatable bonds is 4. The highest BCUT2D eigenvalue weighted by Gasteiger charge is 2.18. The molecule has 15 heavy (non-hydrogen) atoms. The highest BCUT2D eigenvalue weighted by molar-refractivity contribution is 5.92. The van der Waals surface area contributed by atoms with Crippen molar-refractivity contribution in [1.29, 1.82) is 0 Å². The Morgan fingerprint density at radius 3 is 2.80 bits per heavy atom. The van der Waals surface area contributed by atoms with Crippen molar-refractivity contribution in [2.45, 2.75) is 13.8 Å².